The topological polar surface area (TPSA) is 76.1 Å². The summed E-state index contributed by atoms with van der Waals surface area (Å²) >= 11 is 0.836. The maximum atomic E-state index is 12.2. The summed E-state index contributed by atoms with van der Waals surface area (Å²) in [6, 6.07) is 6.49. The molecule has 100 valence electrons. The Kier molecular flexibility index (Phi) is 4.25. The minimum absolute atomic E-state index is 0.131. The molecular weight excluding hydrogens is 278 g/mol. The van der Waals surface area contributed by atoms with Crippen LogP contribution in [0.25, 0.3) is 0 Å². The van der Waals surface area contributed by atoms with E-state index in [0.717, 1.165) is 12.0 Å². The average molecular weight is 291 g/mol. The number of benzene rings is 1. The molecular formula is C10H13NO5S2. The molecule has 18 heavy (non-hydrogen) atoms. The number of nitrogens with zero attached hydrogens (tertiary/aromatic N) is 1. The molecule has 2 rings (SSSR count). The van der Waals surface area contributed by atoms with E-state index in [1.165, 1.54) is 17.5 Å². The van der Waals surface area contributed by atoms with Crippen LogP contribution in [0.2, 0.25) is 0 Å². The van der Waals surface area contributed by atoms with E-state index in [2.05, 4.69) is 4.89 Å². The van der Waals surface area contributed by atoms with Crippen LogP contribution < -0.4 is 0 Å². The number of β-amino-alcohol motifs (C(OH)–C–C–N with tert-alkyl or cyclic N) is 1. The second kappa shape index (κ2) is 5.55. The van der Waals surface area contributed by atoms with E-state index in [-0.39, 0.29) is 18.0 Å². The van der Waals surface area contributed by atoms with Gasteiger partial charge in [0.05, 0.1) is 35.0 Å². The van der Waals surface area contributed by atoms with Gasteiger partial charge in [0.2, 0.25) is 10.0 Å². The maximum Gasteiger partial charge on any atom is 0.244 e. The molecule has 0 aromatic heterocycles. The normalized spacial score (nSPS) is 17.7. The van der Waals surface area contributed by atoms with Crippen molar-refractivity contribution in [3.63, 3.8) is 0 Å². The summed E-state index contributed by atoms with van der Waals surface area (Å²) in [5.74, 6) is 0. The molecule has 1 aliphatic rings. The highest BCUT2D eigenvalue weighted by Crippen LogP contribution is 2.31. The smallest absolute Gasteiger partial charge is 0.244 e. The van der Waals surface area contributed by atoms with E-state index in [1.54, 1.807) is 18.2 Å². The van der Waals surface area contributed by atoms with Crippen molar-refractivity contribution < 1.29 is 22.7 Å². The Bertz CT molecular complexity index is 513. The highest BCUT2D eigenvalue weighted by Gasteiger charge is 2.36. The van der Waals surface area contributed by atoms with Gasteiger partial charge in [-0.1, -0.05) is 12.1 Å². The highest BCUT2D eigenvalue weighted by atomic mass is 32.2. The molecule has 0 amide bonds. The van der Waals surface area contributed by atoms with Gasteiger partial charge in [-0.3, -0.25) is 0 Å². The Balaban J connectivity index is 2.26. The molecule has 0 unspecified atom stereocenters. The molecule has 0 radical (unpaired) electrons. The van der Waals surface area contributed by atoms with Crippen molar-refractivity contribution in [2.75, 3.05) is 20.2 Å². The first-order chi connectivity index (χ1) is 8.55. The van der Waals surface area contributed by atoms with Crippen molar-refractivity contribution in [1.82, 2.24) is 4.31 Å². The van der Waals surface area contributed by atoms with Crippen LogP contribution >= 0.6 is 12.0 Å². The lowest BCUT2D eigenvalue weighted by molar-refractivity contribution is -0.160. The number of hydrogen-bond donors (Lipinski definition) is 1. The fourth-order valence-corrected chi connectivity index (χ4v) is 3.99. The third-order valence-corrected chi connectivity index (χ3v) is 5.25. The minimum atomic E-state index is -3.58. The fourth-order valence-electron chi connectivity index (χ4n) is 1.55. The monoisotopic (exact) mass is 291 g/mol. The van der Waals surface area contributed by atoms with Crippen LogP contribution in [0, 0.1) is 0 Å². The summed E-state index contributed by atoms with van der Waals surface area (Å²) in [4.78, 5) is 5.04. The maximum absolute atomic E-state index is 12.2. The SMILES string of the molecule is COOSc1ccccc1S(=O)(=O)N1CC(O)C1. The van der Waals surface area contributed by atoms with Crippen LogP contribution in [-0.2, 0) is 19.2 Å². The summed E-state index contributed by atoms with van der Waals surface area (Å²) in [6.45, 7) is 0.263. The van der Waals surface area contributed by atoms with Gasteiger partial charge in [0, 0.05) is 13.1 Å². The molecule has 0 bridgehead atoms. The summed E-state index contributed by atoms with van der Waals surface area (Å²) < 4.78 is 30.4. The summed E-state index contributed by atoms with van der Waals surface area (Å²) in [7, 11) is -2.24. The van der Waals surface area contributed by atoms with Crippen LogP contribution in [0.1, 0.15) is 0 Å². The van der Waals surface area contributed by atoms with E-state index in [1.807, 2.05) is 0 Å². The van der Waals surface area contributed by atoms with Gasteiger partial charge in [-0.15, -0.1) is 0 Å². The van der Waals surface area contributed by atoms with E-state index in [9.17, 15) is 13.5 Å². The number of aliphatic hydroxyl groups excluding tert-OH is 1. The van der Waals surface area contributed by atoms with E-state index in [0.29, 0.717) is 4.90 Å². The van der Waals surface area contributed by atoms with Crippen LogP contribution in [0.4, 0.5) is 0 Å². The third-order valence-electron chi connectivity index (χ3n) is 2.49. The van der Waals surface area contributed by atoms with E-state index >= 15 is 0 Å². The lowest BCUT2D eigenvalue weighted by atomic mass is 10.2. The van der Waals surface area contributed by atoms with Crippen molar-refractivity contribution in [2.45, 2.75) is 15.9 Å². The van der Waals surface area contributed by atoms with Gasteiger partial charge in [-0.25, -0.2) is 13.3 Å². The van der Waals surface area contributed by atoms with Crippen LogP contribution in [0.3, 0.4) is 0 Å². The van der Waals surface area contributed by atoms with Crippen molar-refractivity contribution in [2.24, 2.45) is 0 Å². The third kappa shape index (κ3) is 2.68. The van der Waals surface area contributed by atoms with E-state index < -0.39 is 16.1 Å². The lowest BCUT2D eigenvalue weighted by Crippen LogP contribution is -2.53. The van der Waals surface area contributed by atoms with Gasteiger partial charge < -0.3 is 5.11 Å². The highest BCUT2D eigenvalue weighted by molar-refractivity contribution is 7.96. The van der Waals surface area contributed by atoms with Crippen LogP contribution in [0.15, 0.2) is 34.1 Å². The van der Waals surface area contributed by atoms with Gasteiger partial charge in [0.25, 0.3) is 0 Å². The predicted octanol–water partition coefficient (Wildman–Crippen LogP) is 0.637. The molecule has 1 aromatic carbocycles. The second-order valence-electron chi connectivity index (χ2n) is 3.74. The summed E-state index contributed by atoms with van der Waals surface area (Å²) in [6.07, 6.45) is -0.574. The molecule has 0 aliphatic carbocycles. The summed E-state index contributed by atoms with van der Waals surface area (Å²) in [5.41, 5.74) is 0. The average Bonchev–Trinajstić information content (AvgIpc) is 2.32. The van der Waals surface area contributed by atoms with Crippen LogP contribution in [-0.4, -0.2) is 44.1 Å². The zero-order chi connectivity index (χ0) is 13.2. The number of aliphatic hydroxyl groups is 1. The molecule has 1 aromatic rings. The van der Waals surface area contributed by atoms with Crippen molar-refractivity contribution in [1.29, 1.82) is 0 Å². The standard InChI is InChI=1S/C10H13NO5S2/c1-15-16-17-9-4-2-3-5-10(9)18(13,14)11-6-8(12)7-11/h2-5,8,12H,6-7H2,1H3. The van der Waals surface area contributed by atoms with E-state index in [4.69, 9.17) is 4.33 Å². The summed E-state index contributed by atoms with van der Waals surface area (Å²) in [5, 5.41) is 9.18. The van der Waals surface area contributed by atoms with Gasteiger partial charge in [0.1, 0.15) is 0 Å². The molecule has 8 heteroatoms. The first kappa shape index (κ1) is 13.8. The van der Waals surface area contributed by atoms with Crippen molar-refractivity contribution in [3.8, 4) is 0 Å². The molecule has 0 spiro atoms. The molecule has 6 nitrogen and oxygen atoms in total. The fraction of sp³-hybridized carbons (Fsp3) is 0.400. The lowest BCUT2D eigenvalue weighted by Gasteiger charge is -2.34. The van der Waals surface area contributed by atoms with Gasteiger partial charge in [-0.05, 0) is 12.1 Å². The second-order valence-corrected chi connectivity index (χ2v) is 6.39. The molecule has 0 saturated carbocycles. The molecule has 1 fully saturated rings. The largest absolute Gasteiger partial charge is 0.390 e. The molecule has 1 N–H and O–H groups in total. The molecule has 1 saturated heterocycles. The number of hydrogen-bond acceptors (Lipinski definition) is 6. The Morgan fingerprint density at radius 3 is 2.67 bits per heavy atom. The quantitative estimate of drug-likeness (QED) is 0.487. The minimum Gasteiger partial charge on any atom is -0.390 e. The van der Waals surface area contributed by atoms with Crippen molar-refractivity contribution in [3.05, 3.63) is 24.3 Å². The number of rotatable bonds is 5. The van der Waals surface area contributed by atoms with Gasteiger partial charge in [-0.2, -0.15) is 8.64 Å². The number of sulfonamides is 1. The van der Waals surface area contributed by atoms with Gasteiger partial charge in [0.15, 0.2) is 0 Å². The zero-order valence-electron chi connectivity index (χ0n) is 9.64. The predicted molar refractivity (Wildman–Crippen MR) is 65.2 cm³/mol. The van der Waals surface area contributed by atoms with Crippen molar-refractivity contribution >= 4 is 22.1 Å². The first-order valence-electron chi connectivity index (χ1n) is 5.20. The first-order valence-corrected chi connectivity index (χ1v) is 7.38. The molecule has 1 heterocycles. The Morgan fingerprint density at radius 2 is 2.06 bits per heavy atom. The Morgan fingerprint density at radius 1 is 1.39 bits per heavy atom. The van der Waals surface area contributed by atoms with Gasteiger partial charge >= 0.3 is 0 Å². The molecule has 1 aliphatic heterocycles. The Labute approximate surface area is 110 Å². The van der Waals surface area contributed by atoms with Crippen LogP contribution in [0.5, 0.6) is 0 Å². The molecule has 0 atom stereocenters. The Hall–Kier alpha value is -0.640. The zero-order valence-corrected chi connectivity index (χ0v) is 11.3.